The van der Waals surface area contributed by atoms with Crippen LogP contribution < -0.4 is 5.32 Å². The first-order chi connectivity index (χ1) is 20.9. The summed E-state index contributed by atoms with van der Waals surface area (Å²) in [5.74, 6) is 1.37. The molecule has 1 N–H and O–H groups in total. The smallest absolute Gasteiger partial charge is 0.252 e. The zero-order chi connectivity index (χ0) is 29.7. The molecule has 2 fully saturated rings. The van der Waals surface area contributed by atoms with Crippen molar-refractivity contribution in [3.8, 4) is 11.3 Å². The highest BCUT2D eigenvalue weighted by atomic mass is 16.3. The number of aromatic nitrogens is 3. The molecule has 7 rings (SSSR count). The molecule has 0 aliphatic heterocycles. The van der Waals surface area contributed by atoms with Crippen molar-refractivity contribution in [2.24, 2.45) is 7.05 Å². The maximum absolute atomic E-state index is 14.0. The Balaban J connectivity index is 1.25. The summed E-state index contributed by atoms with van der Waals surface area (Å²) in [6.07, 6.45) is 14.6. The van der Waals surface area contributed by atoms with Crippen molar-refractivity contribution >= 4 is 39.7 Å². The van der Waals surface area contributed by atoms with Gasteiger partial charge in [-0.25, -0.2) is 4.98 Å². The fourth-order valence-electron chi connectivity index (χ4n) is 7.35. The van der Waals surface area contributed by atoms with E-state index in [9.17, 15) is 9.59 Å². The Labute approximate surface area is 251 Å². The van der Waals surface area contributed by atoms with Gasteiger partial charge >= 0.3 is 0 Å². The molecule has 2 saturated carbocycles. The first-order valence-electron chi connectivity index (χ1n) is 15.6. The van der Waals surface area contributed by atoms with Crippen molar-refractivity contribution in [3.05, 3.63) is 83.6 Å². The van der Waals surface area contributed by atoms with E-state index in [0.717, 1.165) is 59.3 Å². The minimum Gasteiger partial charge on any atom is -0.472 e. The van der Waals surface area contributed by atoms with E-state index in [1.165, 1.54) is 42.3 Å². The molecule has 3 aromatic heterocycles. The number of imidazole rings is 1. The van der Waals surface area contributed by atoms with Gasteiger partial charge in [-0.15, -0.1) is 0 Å². The topological polar surface area (TPSA) is 82.1 Å². The number of nitrogens with one attached hydrogen (secondary N) is 1. The number of furan rings is 1. The lowest BCUT2D eigenvalue weighted by Crippen LogP contribution is -2.52. The third-order valence-electron chi connectivity index (χ3n) is 9.65. The minimum atomic E-state index is -0.512. The lowest BCUT2D eigenvalue weighted by atomic mass is 9.75. The average Bonchev–Trinajstić information content (AvgIpc) is 3.79. The lowest BCUT2D eigenvalue weighted by molar-refractivity contribution is -0.112. The van der Waals surface area contributed by atoms with Crippen LogP contribution in [0.2, 0.25) is 0 Å². The van der Waals surface area contributed by atoms with Gasteiger partial charge < -0.3 is 18.9 Å². The van der Waals surface area contributed by atoms with E-state index in [4.69, 9.17) is 9.40 Å². The monoisotopic (exact) mass is 574 g/mol. The fraction of sp³-hybridized carbons (Fsp3) is 0.361. The summed E-state index contributed by atoms with van der Waals surface area (Å²) in [7, 11) is 2.10. The maximum Gasteiger partial charge on any atom is 0.252 e. The Kier molecular flexibility index (Phi) is 6.83. The van der Waals surface area contributed by atoms with Crippen LogP contribution in [0.15, 0.2) is 65.5 Å². The number of benzene rings is 2. The Bertz CT molecular complexity index is 1880. The molecular weight excluding hydrogens is 536 g/mol. The van der Waals surface area contributed by atoms with Gasteiger partial charge in [-0.2, -0.15) is 0 Å². The number of nitrogens with zero attached hydrogens (tertiary/aromatic N) is 3. The van der Waals surface area contributed by atoms with E-state index in [-0.39, 0.29) is 11.7 Å². The van der Waals surface area contributed by atoms with Gasteiger partial charge in [-0.1, -0.05) is 31.1 Å². The molecule has 0 atom stereocenters. The summed E-state index contributed by atoms with van der Waals surface area (Å²) in [4.78, 5) is 30.5. The molecule has 2 aliphatic carbocycles. The van der Waals surface area contributed by atoms with Gasteiger partial charge in [-0.05, 0) is 99.4 Å². The van der Waals surface area contributed by atoms with Crippen molar-refractivity contribution < 1.29 is 14.0 Å². The van der Waals surface area contributed by atoms with E-state index in [1.54, 1.807) is 19.3 Å². The Morgan fingerprint density at radius 1 is 1.07 bits per heavy atom. The molecule has 0 radical (unpaired) electrons. The summed E-state index contributed by atoms with van der Waals surface area (Å²) in [6.45, 7) is 4.40. The predicted octanol–water partition coefficient (Wildman–Crippen LogP) is 7.88. The molecule has 5 aromatic rings. The molecule has 0 saturated heterocycles. The summed E-state index contributed by atoms with van der Waals surface area (Å²) in [5, 5.41) is 4.66. The number of hydrogen-bond acceptors (Lipinski definition) is 4. The van der Waals surface area contributed by atoms with Gasteiger partial charge in [0.1, 0.15) is 5.82 Å². The average molecular weight is 575 g/mol. The Morgan fingerprint density at radius 3 is 2.56 bits per heavy atom. The standard InChI is InChI=1S/C36H38N4O3/c1-4-40-31-20-24(11-10-23(2)41)12-15-29(31)37-35(40)36(17-7-18-36)38-34(42)26-13-14-28-30(21-26)39(3)33(27-16-19-43-22-27)32(28)25-8-5-6-9-25/h10-16,19-22,25H,4-9,17-18H2,1-3H3,(H,38,42)/b11-10+. The normalized spacial score (nSPS) is 16.8. The highest BCUT2D eigenvalue weighted by Gasteiger charge is 2.44. The molecule has 7 heteroatoms. The molecule has 0 unspecified atom stereocenters. The number of amides is 1. The van der Waals surface area contributed by atoms with Crippen molar-refractivity contribution in [1.29, 1.82) is 0 Å². The highest BCUT2D eigenvalue weighted by Crippen LogP contribution is 2.45. The SMILES string of the molecule is CCn1c(C2(NC(=O)c3ccc4c(C5CCCC5)c(-c5ccoc5)n(C)c4c3)CCC2)nc2ccc(/C=C/C(C)=O)cc21. The number of aryl methyl sites for hydroxylation is 2. The van der Waals surface area contributed by atoms with Gasteiger partial charge in [0, 0.05) is 35.6 Å². The van der Waals surface area contributed by atoms with Gasteiger partial charge in [0.05, 0.1) is 34.8 Å². The highest BCUT2D eigenvalue weighted by molar-refractivity contribution is 6.01. The van der Waals surface area contributed by atoms with Crippen LogP contribution in [0.1, 0.15) is 92.0 Å². The van der Waals surface area contributed by atoms with Crippen LogP contribution in [0, 0.1) is 0 Å². The van der Waals surface area contributed by atoms with Crippen LogP contribution in [0.5, 0.6) is 0 Å². The van der Waals surface area contributed by atoms with Crippen molar-refractivity contribution in [2.75, 3.05) is 0 Å². The number of allylic oxidation sites excluding steroid dienone is 1. The van der Waals surface area contributed by atoms with E-state index in [0.29, 0.717) is 11.5 Å². The van der Waals surface area contributed by atoms with Crippen LogP contribution in [-0.4, -0.2) is 25.8 Å². The first kappa shape index (κ1) is 27.4. The summed E-state index contributed by atoms with van der Waals surface area (Å²) in [6, 6.07) is 14.3. The van der Waals surface area contributed by atoms with Gasteiger partial charge in [0.15, 0.2) is 5.78 Å². The van der Waals surface area contributed by atoms with Crippen molar-refractivity contribution in [1.82, 2.24) is 19.4 Å². The summed E-state index contributed by atoms with van der Waals surface area (Å²) < 4.78 is 9.93. The van der Waals surface area contributed by atoms with Crippen LogP contribution in [0.4, 0.5) is 0 Å². The van der Waals surface area contributed by atoms with Crippen LogP contribution in [-0.2, 0) is 23.9 Å². The lowest BCUT2D eigenvalue weighted by Gasteiger charge is -2.42. The maximum atomic E-state index is 14.0. The second kappa shape index (κ2) is 10.7. The van der Waals surface area contributed by atoms with Gasteiger partial charge in [0.2, 0.25) is 0 Å². The number of ketones is 1. The van der Waals surface area contributed by atoms with Gasteiger partial charge in [-0.3, -0.25) is 9.59 Å². The molecule has 2 aliphatic rings. The molecule has 1 amide bonds. The number of rotatable bonds is 8. The molecule has 0 spiro atoms. The van der Waals surface area contributed by atoms with E-state index in [2.05, 4.69) is 46.6 Å². The molecule has 3 heterocycles. The molecule has 7 nitrogen and oxygen atoms in total. The van der Waals surface area contributed by atoms with Crippen LogP contribution >= 0.6 is 0 Å². The molecular formula is C36H38N4O3. The zero-order valence-electron chi connectivity index (χ0n) is 25.2. The number of fused-ring (bicyclic) bond motifs is 2. The molecule has 43 heavy (non-hydrogen) atoms. The number of carbonyl (C=O) groups excluding carboxylic acids is 2. The largest absolute Gasteiger partial charge is 0.472 e. The number of carbonyl (C=O) groups is 2. The van der Waals surface area contributed by atoms with Crippen molar-refractivity contribution in [2.45, 2.75) is 76.8 Å². The van der Waals surface area contributed by atoms with E-state index >= 15 is 0 Å². The second-order valence-electron chi connectivity index (χ2n) is 12.3. The quantitative estimate of drug-likeness (QED) is 0.191. The second-order valence-corrected chi connectivity index (χ2v) is 12.3. The third kappa shape index (κ3) is 4.62. The Hall–Kier alpha value is -4.39. The fourth-order valence-corrected chi connectivity index (χ4v) is 7.35. The summed E-state index contributed by atoms with van der Waals surface area (Å²) in [5.41, 5.74) is 7.74. The van der Waals surface area contributed by atoms with Crippen molar-refractivity contribution in [3.63, 3.8) is 0 Å². The van der Waals surface area contributed by atoms with E-state index < -0.39 is 5.54 Å². The summed E-state index contributed by atoms with van der Waals surface area (Å²) >= 11 is 0. The Morgan fingerprint density at radius 2 is 1.88 bits per heavy atom. The zero-order valence-corrected chi connectivity index (χ0v) is 25.2. The molecule has 0 bridgehead atoms. The van der Waals surface area contributed by atoms with Crippen LogP contribution in [0.25, 0.3) is 39.3 Å². The predicted molar refractivity (Wildman–Crippen MR) is 170 cm³/mol. The van der Waals surface area contributed by atoms with Gasteiger partial charge in [0.25, 0.3) is 5.91 Å². The molecule has 220 valence electrons. The number of hydrogen-bond donors (Lipinski definition) is 1. The molecule has 2 aromatic carbocycles. The first-order valence-corrected chi connectivity index (χ1v) is 15.6. The minimum absolute atomic E-state index is 0.0157. The van der Waals surface area contributed by atoms with Crippen LogP contribution in [0.3, 0.4) is 0 Å². The van der Waals surface area contributed by atoms with E-state index in [1.807, 2.05) is 36.6 Å². The third-order valence-corrected chi connectivity index (χ3v) is 9.65.